The highest BCUT2D eigenvalue weighted by Crippen LogP contribution is 2.37. The fraction of sp³-hybridized carbons (Fsp3) is 0.500. The quantitative estimate of drug-likeness (QED) is 0.557. The van der Waals surface area contributed by atoms with Crippen LogP contribution in [0, 0.1) is 0 Å². The van der Waals surface area contributed by atoms with Gasteiger partial charge in [-0.1, -0.05) is 0 Å². The molecule has 0 bridgehead atoms. The molecule has 2 aromatic rings. The molecule has 15 heteroatoms. The predicted molar refractivity (Wildman–Crippen MR) is 91.9 cm³/mol. The van der Waals surface area contributed by atoms with Crippen LogP contribution in [0.1, 0.15) is 6.23 Å². The number of rotatable bonds is 6. The van der Waals surface area contributed by atoms with Crippen LogP contribution in [0.5, 0.6) is 0 Å². The Kier molecular flexibility index (Phi) is 5.47. The van der Waals surface area contributed by atoms with Crippen LogP contribution in [0.2, 0.25) is 0 Å². The highest BCUT2D eigenvalue weighted by atomic mass is 32.2. The summed E-state index contributed by atoms with van der Waals surface area (Å²) >= 11 is 0. The van der Waals surface area contributed by atoms with Crippen LogP contribution in [0.15, 0.2) is 12.7 Å². The molecule has 2 aromatic heterocycles. The van der Waals surface area contributed by atoms with Gasteiger partial charge >= 0.3 is 10.3 Å². The van der Waals surface area contributed by atoms with Crippen LogP contribution in [0.25, 0.3) is 11.2 Å². The van der Waals surface area contributed by atoms with Gasteiger partial charge in [0.05, 0.1) is 12.9 Å². The Bertz CT molecular complexity index is 865. The Balaban J connectivity index is 1.93. The number of hydrogen-bond acceptors (Lipinski definition) is 10. The molecule has 1 saturated heterocycles. The summed E-state index contributed by atoms with van der Waals surface area (Å²) in [6, 6.07) is 0. The average Bonchev–Trinajstić information content (AvgIpc) is 3.13. The number of ether oxygens (including phenoxy) is 1. The molecule has 0 aliphatic carbocycles. The standard InChI is InChI=1S/C10H16N6O6P2S/c11-8-5-9(14-2-13-8)16(3-15-5)10-7(22-24)6(21-23)4(20-10)1-19-25(12,17)18/h2-4,6-7,10H,1,23-24H2,(H2,11,13,14)(H2,12,17,18)/t4-,6-,7-,10-/m1/s1. The molecule has 6 atom stereocenters. The second kappa shape index (κ2) is 7.29. The van der Waals surface area contributed by atoms with Gasteiger partial charge in [-0.2, -0.15) is 8.42 Å². The van der Waals surface area contributed by atoms with Crippen LogP contribution in [0.4, 0.5) is 5.82 Å². The van der Waals surface area contributed by atoms with Crippen molar-refractivity contribution in [1.29, 1.82) is 0 Å². The maximum Gasteiger partial charge on any atom is 0.333 e. The van der Waals surface area contributed by atoms with E-state index in [1.807, 2.05) is 0 Å². The molecule has 0 amide bonds. The third-order valence-electron chi connectivity index (χ3n) is 3.66. The van der Waals surface area contributed by atoms with Crippen molar-refractivity contribution in [1.82, 2.24) is 19.5 Å². The monoisotopic (exact) mass is 410 g/mol. The van der Waals surface area contributed by atoms with Crippen LogP contribution in [0.3, 0.4) is 0 Å². The number of imidazole rings is 1. The van der Waals surface area contributed by atoms with Gasteiger partial charge in [-0.3, -0.25) is 8.75 Å². The zero-order valence-electron chi connectivity index (χ0n) is 12.6. The lowest BCUT2D eigenvalue weighted by atomic mass is 10.1. The molecule has 2 unspecified atom stereocenters. The molecule has 0 aromatic carbocycles. The Morgan fingerprint density at radius 3 is 2.60 bits per heavy atom. The molecule has 138 valence electrons. The number of nitrogens with two attached hydrogens (primary N) is 2. The normalized spacial score (nSPS) is 27.2. The molecule has 0 spiro atoms. The van der Waals surface area contributed by atoms with E-state index in [4.69, 9.17) is 24.7 Å². The van der Waals surface area contributed by atoms with Gasteiger partial charge in [0.25, 0.3) is 0 Å². The first-order valence-corrected chi connectivity index (χ1v) is 9.24. The van der Waals surface area contributed by atoms with Gasteiger partial charge in [0.1, 0.15) is 30.2 Å². The van der Waals surface area contributed by atoms with Crippen molar-refractivity contribution in [2.75, 3.05) is 12.3 Å². The Morgan fingerprint density at radius 1 is 1.24 bits per heavy atom. The van der Waals surface area contributed by atoms with Crippen molar-refractivity contribution >= 4 is 46.2 Å². The fourth-order valence-corrected chi connectivity index (χ4v) is 3.54. The summed E-state index contributed by atoms with van der Waals surface area (Å²) in [7, 11) is 0.0914. The first-order valence-electron chi connectivity index (χ1n) is 6.82. The SMILES string of the molecule is Nc1ncnc2c1ncn2[C@@H]1O[C@H](COS(N)(=O)=O)[C@@H](OP)[C@H]1OP. The highest BCUT2D eigenvalue weighted by molar-refractivity contribution is 7.84. The summed E-state index contributed by atoms with van der Waals surface area (Å²) in [6.45, 7) is -0.345. The number of anilines is 1. The molecule has 3 heterocycles. The van der Waals surface area contributed by atoms with Crippen molar-refractivity contribution in [3.8, 4) is 0 Å². The number of hydrogen-bond donors (Lipinski definition) is 2. The molecule has 0 radical (unpaired) electrons. The van der Waals surface area contributed by atoms with E-state index in [9.17, 15) is 8.42 Å². The summed E-state index contributed by atoms with van der Waals surface area (Å²) in [5, 5.41) is 4.85. The largest absolute Gasteiger partial charge is 0.382 e. The van der Waals surface area contributed by atoms with E-state index in [1.165, 1.54) is 12.7 Å². The molecule has 1 aliphatic heterocycles. The number of nitrogen functional groups attached to an aromatic ring is 1. The van der Waals surface area contributed by atoms with Gasteiger partial charge in [0.2, 0.25) is 0 Å². The van der Waals surface area contributed by atoms with E-state index >= 15 is 0 Å². The van der Waals surface area contributed by atoms with Gasteiger partial charge in [-0.15, -0.1) is 0 Å². The minimum atomic E-state index is -4.12. The van der Waals surface area contributed by atoms with Crippen LogP contribution in [-0.2, 0) is 28.3 Å². The first-order chi connectivity index (χ1) is 11.9. The van der Waals surface area contributed by atoms with Crippen molar-refractivity contribution in [2.24, 2.45) is 5.14 Å². The molecule has 0 saturated carbocycles. The van der Waals surface area contributed by atoms with Crippen LogP contribution < -0.4 is 10.9 Å². The summed E-state index contributed by atoms with van der Waals surface area (Å²) in [5.41, 5.74) is 6.61. The summed E-state index contributed by atoms with van der Waals surface area (Å²) in [6.07, 6.45) is -0.0256. The number of aromatic nitrogens is 4. The average molecular weight is 410 g/mol. The zero-order chi connectivity index (χ0) is 18.2. The van der Waals surface area contributed by atoms with Crippen LogP contribution >= 0.6 is 18.9 Å². The number of fused-ring (bicyclic) bond motifs is 1. The van der Waals surface area contributed by atoms with Crippen molar-refractivity contribution in [2.45, 2.75) is 24.5 Å². The van der Waals surface area contributed by atoms with E-state index in [0.29, 0.717) is 11.2 Å². The van der Waals surface area contributed by atoms with Gasteiger partial charge in [-0.05, 0) is 0 Å². The minimum Gasteiger partial charge on any atom is -0.382 e. The first kappa shape index (κ1) is 18.7. The Hall–Kier alpha value is -1.04. The molecule has 25 heavy (non-hydrogen) atoms. The molecule has 4 N–H and O–H groups in total. The van der Waals surface area contributed by atoms with Gasteiger partial charge in [0.15, 0.2) is 17.7 Å². The zero-order valence-corrected chi connectivity index (χ0v) is 15.8. The summed E-state index contributed by atoms with van der Waals surface area (Å²) < 4.78 is 44.8. The smallest absolute Gasteiger partial charge is 0.333 e. The molecular formula is C10H16N6O6P2S. The highest BCUT2D eigenvalue weighted by Gasteiger charge is 2.47. The third kappa shape index (κ3) is 3.74. The van der Waals surface area contributed by atoms with E-state index in [-0.39, 0.29) is 12.4 Å². The Labute approximate surface area is 147 Å². The maximum atomic E-state index is 11.0. The van der Waals surface area contributed by atoms with Crippen LogP contribution in [-0.4, -0.2) is 52.9 Å². The third-order valence-corrected chi connectivity index (χ3v) is 4.75. The fourth-order valence-electron chi connectivity index (χ4n) is 2.59. The second-order valence-electron chi connectivity index (χ2n) is 5.13. The minimum absolute atomic E-state index is 0.220. The summed E-state index contributed by atoms with van der Waals surface area (Å²) in [5.74, 6) is 0.220. The molecule has 12 nitrogen and oxygen atoms in total. The van der Waals surface area contributed by atoms with Crippen molar-refractivity contribution in [3.05, 3.63) is 12.7 Å². The summed E-state index contributed by atoms with van der Waals surface area (Å²) in [4.78, 5) is 12.2. The van der Waals surface area contributed by atoms with Crippen molar-refractivity contribution < 1.29 is 26.4 Å². The lowest BCUT2D eigenvalue weighted by Crippen LogP contribution is -2.36. The lowest BCUT2D eigenvalue weighted by Gasteiger charge is -2.21. The Morgan fingerprint density at radius 2 is 1.96 bits per heavy atom. The van der Waals surface area contributed by atoms with E-state index < -0.39 is 34.8 Å². The van der Waals surface area contributed by atoms with Crippen molar-refractivity contribution in [3.63, 3.8) is 0 Å². The topological polar surface area (TPSA) is 167 Å². The molecule has 1 fully saturated rings. The lowest BCUT2D eigenvalue weighted by molar-refractivity contribution is -0.0405. The van der Waals surface area contributed by atoms with Gasteiger partial charge < -0.3 is 19.5 Å². The van der Waals surface area contributed by atoms with E-state index in [1.54, 1.807) is 4.57 Å². The van der Waals surface area contributed by atoms with E-state index in [2.05, 4.69) is 38.1 Å². The van der Waals surface area contributed by atoms with Gasteiger partial charge in [0, 0.05) is 18.9 Å². The molecular weight excluding hydrogens is 394 g/mol. The maximum absolute atomic E-state index is 11.0. The molecule has 3 rings (SSSR count). The predicted octanol–water partition coefficient (Wildman–Crippen LogP) is -1.12. The number of nitrogens with zero attached hydrogens (tertiary/aromatic N) is 4. The molecule has 1 aliphatic rings. The van der Waals surface area contributed by atoms with E-state index in [0.717, 1.165) is 0 Å². The second-order valence-corrected chi connectivity index (χ2v) is 6.89. The van der Waals surface area contributed by atoms with Gasteiger partial charge in [-0.25, -0.2) is 20.1 Å².